The average Bonchev–Trinajstić information content (AvgIpc) is 2.75. The lowest BCUT2D eigenvalue weighted by molar-refractivity contribution is 0.401. The van der Waals surface area contributed by atoms with Gasteiger partial charge in [0, 0.05) is 10.9 Å². The van der Waals surface area contributed by atoms with Crippen LogP contribution in [0.1, 0.15) is 5.56 Å². The monoisotopic (exact) mass is 328 g/mol. The van der Waals surface area contributed by atoms with Crippen LogP contribution in [-0.4, -0.2) is 21.4 Å². The molecule has 94 valence electrons. The van der Waals surface area contributed by atoms with Crippen molar-refractivity contribution in [1.82, 2.24) is 4.98 Å². The Hall–Kier alpha value is -1.80. The molecular weight excluding hydrogens is 320 g/mol. The number of nitrogens with zero attached hydrogens (tertiary/aromatic N) is 2. The van der Waals surface area contributed by atoms with E-state index in [1.54, 1.807) is 17.5 Å². The molecule has 1 heterocycles. The summed E-state index contributed by atoms with van der Waals surface area (Å²) in [5, 5.41) is 25.3. The largest absolute Gasteiger partial charge is 0.504 e. The predicted molar refractivity (Wildman–Crippen MR) is 75.2 cm³/mol. The number of hydrogen-bond donors (Lipinski definition) is 4. The Balaban J connectivity index is 2.12. The zero-order valence-electron chi connectivity index (χ0n) is 8.96. The first-order valence-electron chi connectivity index (χ1n) is 4.78. The second-order valence-corrected chi connectivity index (χ2v) is 4.99. The zero-order valence-corrected chi connectivity index (χ0v) is 11.4. The number of benzene rings is 1. The molecule has 0 bridgehead atoms. The first-order chi connectivity index (χ1) is 8.58. The molecule has 0 fully saturated rings. The van der Waals surface area contributed by atoms with Crippen molar-refractivity contribution < 1.29 is 10.2 Å². The third kappa shape index (κ3) is 2.71. The van der Waals surface area contributed by atoms with Crippen molar-refractivity contribution in [3.05, 3.63) is 27.5 Å². The SMILES string of the molecule is Nc1csc(NN=Cc2ccc(Br)c(O)c2O)n1. The number of aromatic nitrogens is 1. The van der Waals surface area contributed by atoms with E-state index in [4.69, 9.17) is 5.73 Å². The van der Waals surface area contributed by atoms with Crippen molar-refractivity contribution in [2.75, 3.05) is 11.2 Å². The molecule has 0 aliphatic heterocycles. The van der Waals surface area contributed by atoms with Gasteiger partial charge < -0.3 is 15.9 Å². The van der Waals surface area contributed by atoms with Gasteiger partial charge in [-0.2, -0.15) is 5.10 Å². The lowest BCUT2D eigenvalue weighted by Crippen LogP contribution is -1.91. The van der Waals surface area contributed by atoms with Crippen LogP contribution in [0.4, 0.5) is 10.9 Å². The molecule has 0 amide bonds. The van der Waals surface area contributed by atoms with Gasteiger partial charge in [-0.05, 0) is 28.1 Å². The highest BCUT2D eigenvalue weighted by molar-refractivity contribution is 9.10. The summed E-state index contributed by atoms with van der Waals surface area (Å²) in [7, 11) is 0. The molecule has 0 spiro atoms. The van der Waals surface area contributed by atoms with E-state index in [-0.39, 0.29) is 11.5 Å². The second-order valence-electron chi connectivity index (χ2n) is 3.28. The molecule has 1 aromatic heterocycles. The number of anilines is 2. The fourth-order valence-corrected chi connectivity index (χ4v) is 2.04. The number of aromatic hydroxyl groups is 2. The number of thiazole rings is 1. The standard InChI is InChI=1S/C10H9BrN4O2S/c11-6-2-1-5(8(16)9(6)17)3-13-15-10-14-7(12)4-18-10/h1-4,16-17H,12H2,(H,14,15). The molecule has 0 unspecified atom stereocenters. The van der Waals surface area contributed by atoms with Crippen LogP contribution in [0.5, 0.6) is 11.5 Å². The van der Waals surface area contributed by atoms with Gasteiger partial charge in [0.15, 0.2) is 11.5 Å². The fourth-order valence-electron chi connectivity index (χ4n) is 1.17. The summed E-state index contributed by atoms with van der Waals surface area (Å²) in [4.78, 5) is 3.95. The maximum absolute atomic E-state index is 9.65. The van der Waals surface area contributed by atoms with Gasteiger partial charge >= 0.3 is 0 Å². The van der Waals surface area contributed by atoms with Crippen LogP contribution in [-0.2, 0) is 0 Å². The van der Waals surface area contributed by atoms with Crippen molar-refractivity contribution in [1.29, 1.82) is 0 Å². The highest BCUT2D eigenvalue weighted by Gasteiger charge is 2.08. The van der Waals surface area contributed by atoms with Gasteiger partial charge in [-0.1, -0.05) is 0 Å². The van der Waals surface area contributed by atoms with E-state index in [9.17, 15) is 10.2 Å². The number of nitrogens with one attached hydrogen (secondary N) is 1. The lowest BCUT2D eigenvalue weighted by atomic mass is 10.2. The molecule has 18 heavy (non-hydrogen) atoms. The summed E-state index contributed by atoms with van der Waals surface area (Å²) in [6.07, 6.45) is 1.37. The summed E-state index contributed by atoms with van der Waals surface area (Å²) in [6.45, 7) is 0. The van der Waals surface area contributed by atoms with Crippen LogP contribution in [0.2, 0.25) is 0 Å². The minimum atomic E-state index is -0.242. The Morgan fingerprint density at radius 1 is 1.39 bits per heavy atom. The fraction of sp³-hybridized carbons (Fsp3) is 0. The molecule has 1 aromatic carbocycles. The molecule has 2 rings (SSSR count). The van der Waals surface area contributed by atoms with Gasteiger partial charge in [-0.15, -0.1) is 11.3 Å². The Morgan fingerprint density at radius 3 is 2.83 bits per heavy atom. The van der Waals surface area contributed by atoms with Gasteiger partial charge in [-0.3, -0.25) is 5.43 Å². The summed E-state index contributed by atoms with van der Waals surface area (Å²) < 4.78 is 0.415. The van der Waals surface area contributed by atoms with Gasteiger partial charge in [0.05, 0.1) is 10.7 Å². The number of nitrogens with two attached hydrogens (primary N) is 1. The van der Waals surface area contributed by atoms with Gasteiger partial charge in [-0.25, -0.2) is 4.98 Å². The third-order valence-electron chi connectivity index (χ3n) is 2.02. The number of hydrogen-bond acceptors (Lipinski definition) is 7. The van der Waals surface area contributed by atoms with Crippen LogP contribution in [0, 0.1) is 0 Å². The molecular formula is C10H9BrN4O2S. The van der Waals surface area contributed by atoms with Crippen LogP contribution in [0.25, 0.3) is 0 Å². The predicted octanol–water partition coefficient (Wildman–Crippen LogP) is 2.35. The number of rotatable bonds is 3. The van der Waals surface area contributed by atoms with Crippen molar-refractivity contribution in [2.45, 2.75) is 0 Å². The van der Waals surface area contributed by atoms with E-state index in [0.29, 0.717) is 21.0 Å². The van der Waals surface area contributed by atoms with Crippen LogP contribution < -0.4 is 11.2 Å². The topological polar surface area (TPSA) is 104 Å². The first-order valence-corrected chi connectivity index (χ1v) is 6.45. The Morgan fingerprint density at radius 2 is 2.17 bits per heavy atom. The third-order valence-corrected chi connectivity index (χ3v) is 3.42. The molecule has 6 nitrogen and oxygen atoms in total. The quantitative estimate of drug-likeness (QED) is 0.393. The average molecular weight is 329 g/mol. The van der Waals surface area contributed by atoms with E-state index in [1.165, 1.54) is 17.6 Å². The first kappa shape index (κ1) is 12.7. The summed E-state index contributed by atoms with van der Waals surface area (Å²) >= 11 is 4.41. The number of halogens is 1. The Labute approximate surface area is 115 Å². The molecule has 0 radical (unpaired) electrons. The number of nitrogen functional groups attached to an aromatic ring is 1. The summed E-state index contributed by atoms with van der Waals surface area (Å²) in [5.74, 6) is -0.0483. The highest BCUT2D eigenvalue weighted by atomic mass is 79.9. The van der Waals surface area contributed by atoms with Crippen molar-refractivity contribution in [3.8, 4) is 11.5 Å². The van der Waals surface area contributed by atoms with Crippen molar-refractivity contribution >= 4 is 44.4 Å². The molecule has 0 aliphatic carbocycles. The minimum Gasteiger partial charge on any atom is -0.504 e. The minimum absolute atomic E-state index is 0.225. The summed E-state index contributed by atoms with van der Waals surface area (Å²) in [6, 6.07) is 3.22. The number of phenols is 2. The van der Waals surface area contributed by atoms with Crippen LogP contribution >= 0.6 is 27.3 Å². The smallest absolute Gasteiger partial charge is 0.205 e. The van der Waals surface area contributed by atoms with Gasteiger partial charge in [0.1, 0.15) is 5.82 Å². The van der Waals surface area contributed by atoms with Crippen LogP contribution in [0.15, 0.2) is 27.1 Å². The van der Waals surface area contributed by atoms with E-state index < -0.39 is 0 Å². The summed E-state index contributed by atoms with van der Waals surface area (Å²) in [5.41, 5.74) is 8.50. The van der Waals surface area contributed by atoms with E-state index >= 15 is 0 Å². The molecule has 5 N–H and O–H groups in total. The molecule has 0 aliphatic rings. The van der Waals surface area contributed by atoms with E-state index in [0.717, 1.165) is 0 Å². The molecule has 0 saturated heterocycles. The van der Waals surface area contributed by atoms with Gasteiger partial charge in [0.2, 0.25) is 5.13 Å². The molecule has 8 heteroatoms. The Kier molecular flexibility index (Phi) is 3.68. The van der Waals surface area contributed by atoms with Crippen molar-refractivity contribution in [2.24, 2.45) is 5.10 Å². The molecule has 2 aromatic rings. The zero-order chi connectivity index (χ0) is 13.1. The number of hydrazone groups is 1. The van der Waals surface area contributed by atoms with Crippen LogP contribution in [0.3, 0.4) is 0 Å². The second kappa shape index (κ2) is 5.23. The highest BCUT2D eigenvalue weighted by Crippen LogP contribution is 2.35. The molecule has 0 saturated carbocycles. The Bertz CT molecular complexity index is 600. The molecule has 0 atom stereocenters. The van der Waals surface area contributed by atoms with E-state index in [2.05, 4.69) is 31.4 Å². The maximum atomic E-state index is 9.65. The number of phenolic OH excluding ortho intramolecular Hbond substituents is 2. The van der Waals surface area contributed by atoms with Crippen molar-refractivity contribution in [3.63, 3.8) is 0 Å². The van der Waals surface area contributed by atoms with E-state index in [1.807, 2.05) is 0 Å². The maximum Gasteiger partial charge on any atom is 0.205 e. The lowest BCUT2D eigenvalue weighted by Gasteiger charge is -2.03. The van der Waals surface area contributed by atoms with Gasteiger partial charge in [0.25, 0.3) is 0 Å². The normalized spacial score (nSPS) is 10.9.